The summed E-state index contributed by atoms with van der Waals surface area (Å²) < 4.78 is 9.17. The number of esters is 1. The van der Waals surface area contributed by atoms with Gasteiger partial charge in [-0.05, 0) is 6.92 Å². The molecular weight excluding hydrogens is 160 g/mol. The summed E-state index contributed by atoms with van der Waals surface area (Å²) in [5.74, 6) is -2.49. The topological polar surface area (TPSA) is 55.8 Å². The van der Waals surface area contributed by atoms with E-state index < -0.39 is 11.9 Å². The average Bonchev–Trinajstić information content (AvgIpc) is 2.04. The number of hydrogen-bond acceptors (Lipinski definition) is 4. The molecule has 0 saturated heterocycles. The zero-order valence-electron chi connectivity index (χ0n) is 7.59. The molecule has 4 nitrogen and oxygen atoms in total. The zero-order chi connectivity index (χ0) is 9.78. The second kappa shape index (κ2) is 4.23. The van der Waals surface area contributed by atoms with Crippen molar-refractivity contribution in [3.8, 4) is 0 Å². The predicted molar refractivity (Wildman–Crippen MR) is 43.2 cm³/mol. The Labute approximate surface area is 71.8 Å². The standard InChI is InChI=1S/C8H14O4/c1-5-8(10,11-4)12-7(9)6(2)3/h10H,2,5H2,1,3-4H3. The Morgan fingerprint density at radius 3 is 2.42 bits per heavy atom. The molecule has 0 saturated carbocycles. The van der Waals surface area contributed by atoms with Gasteiger partial charge in [0.25, 0.3) is 0 Å². The van der Waals surface area contributed by atoms with E-state index in [9.17, 15) is 9.90 Å². The minimum Gasteiger partial charge on any atom is -0.405 e. The van der Waals surface area contributed by atoms with E-state index in [-0.39, 0.29) is 12.0 Å². The van der Waals surface area contributed by atoms with Crippen molar-refractivity contribution in [2.24, 2.45) is 0 Å². The third kappa shape index (κ3) is 3.02. The van der Waals surface area contributed by atoms with Crippen molar-refractivity contribution in [1.82, 2.24) is 0 Å². The molecule has 1 N–H and O–H groups in total. The smallest absolute Gasteiger partial charge is 0.337 e. The molecule has 0 amide bonds. The lowest BCUT2D eigenvalue weighted by Crippen LogP contribution is -2.36. The van der Waals surface area contributed by atoms with Crippen molar-refractivity contribution in [2.75, 3.05) is 7.11 Å². The molecule has 0 aromatic heterocycles. The van der Waals surface area contributed by atoms with Crippen LogP contribution in [0.15, 0.2) is 12.2 Å². The molecule has 0 aromatic carbocycles. The molecule has 0 radical (unpaired) electrons. The molecule has 4 heteroatoms. The highest BCUT2D eigenvalue weighted by atomic mass is 16.8. The Kier molecular flexibility index (Phi) is 3.92. The van der Waals surface area contributed by atoms with Crippen LogP contribution in [0.3, 0.4) is 0 Å². The fourth-order valence-electron chi connectivity index (χ4n) is 0.490. The second-order valence-electron chi connectivity index (χ2n) is 2.44. The Morgan fingerprint density at radius 1 is 1.67 bits per heavy atom. The Hall–Kier alpha value is -0.870. The Bertz CT molecular complexity index is 181. The number of rotatable bonds is 4. The van der Waals surface area contributed by atoms with Crippen molar-refractivity contribution < 1.29 is 19.4 Å². The molecular formula is C8H14O4. The van der Waals surface area contributed by atoms with E-state index in [1.165, 1.54) is 14.0 Å². The number of methoxy groups -OCH3 is 1. The first-order valence-electron chi connectivity index (χ1n) is 3.61. The van der Waals surface area contributed by atoms with Crippen LogP contribution in [0.5, 0.6) is 0 Å². The number of ether oxygens (including phenoxy) is 2. The van der Waals surface area contributed by atoms with Gasteiger partial charge in [-0.25, -0.2) is 4.79 Å². The first kappa shape index (κ1) is 11.1. The van der Waals surface area contributed by atoms with Crippen LogP contribution in [0.2, 0.25) is 0 Å². The maximum atomic E-state index is 10.9. The van der Waals surface area contributed by atoms with Gasteiger partial charge in [-0.2, -0.15) is 0 Å². The van der Waals surface area contributed by atoms with E-state index in [0.717, 1.165) is 0 Å². The van der Waals surface area contributed by atoms with Gasteiger partial charge in [0.2, 0.25) is 0 Å². The van der Waals surface area contributed by atoms with E-state index in [2.05, 4.69) is 16.1 Å². The fourth-order valence-corrected chi connectivity index (χ4v) is 0.490. The largest absolute Gasteiger partial charge is 0.405 e. The summed E-state index contributed by atoms with van der Waals surface area (Å²) in [6, 6.07) is 0. The monoisotopic (exact) mass is 174 g/mol. The SMILES string of the molecule is C=C(C)C(=O)OC(O)(CC)OC. The van der Waals surface area contributed by atoms with Gasteiger partial charge in [0, 0.05) is 19.1 Å². The maximum Gasteiger partial charge on any atom is 0.337 e. The van der Waals surface area contributed by atoms with Crippen LogP contribution in [-0.4, -0.2) is 24.2 Å². The summed E-state index contributed by atoms with van der Waals surface area (Å²) in [5, 5.41) is 9.34. The molecule has 0 spiro atoms. The van der Waals surface area contributed by atoms with Gasteiger partial charge in [-0.15, -0.1) is 0 Å². The molecule has 0 heterocycles. The molecule has 0 bridgehead atoms. The quantitative estimate of drug-likeness (QED) is 0.389. The third-order valence-corrected chi connectivity index (χ3v) is 1.37. The molecule has 0 rings (SSSR count). The van der Waals surface area contributed by atoms with Crippen LogP contribution in [0, 0.1) is 0 Å². The zero-order valence-corrected chi connectivity index (χ0v) is 7.59. The van der Waals surface area contributed by atoms with Gasteiger partial charge >= 0.3 is 11.9 Å². The Morgan fingerprint density at radius 2 is 2.17 bits per heavy atom. The lowest BCUT2D eigenvalue weighted by atomic mass is 10.3. The molecule has 0 fully saturated rings. The lowest BCUT2D eigenvalue weighted by Gasteiger charge is -2.23. The summed E-state index contributed by atoms with van der Waals surface area (Å²) >= 11 is 0. The van der Waals surface area contributed by atoms with Crippen molar-refractivity contribution in [3.05, 3.63) is 12.2 Å². The van der Waals surface area contributed by atoms with Gasteiger partial charge < -0.3 is 14.6 Å². The van der Waals surface area contributed by atoms with Crippen LogP contribution in [0.25, 0.3) is 0 Å². The van der Waals surface area contributed by atoms with Crippen LogP contribution in [0.4, 0.5) is 0 Å². The van der Waals surface area contributed by atoms with Crippen LogP contribution < -0.4 is 0 Å². The highest BCUT2D eigenvalue weighted by Gasteiger charge is 2.29. The van der Waals surface area contributed by atoms with E-state index in [4.69, 9.17) is 0 Å². The second-order valence-corrected chi connectivity index (χ2v) is 2.44. The summed E-state index contributed by atoms with van der Waals surface area (Å²) in [6.07, 6.45) is 0.169. The number of carbonyl (C=O) groups excluding carboxylic acids is 1. The lowest BCUT2D eigenvalue weighted by molar-refractivity contribution is -0.331. The van der Waals surface area contributed by atoms with Crippen LogP contribution in [0.1, 0.15) is 20.3 Å². The molecule has 1 atom stereocenters. The fraction of sp³-hybridized carbons (Fsp3) is 0.625. The predicted octanol–water partition coefficient (Wildman–Crippen LogP) is 0.808. The first-order chi connectivity index (χ1) is 5.45. The first-order valence-corrected chi connectivity index (χ1v) is 3.61. The molecule has 1 unspecified atom stereocenters. The van der Waals surface area contributed by atoms with Crippen molar-refractivity contribution in [2.45, 2.75) is 26.2 Å². The summed E-state index contributed by atoms with van der Waals surface area (Å²) in [4.78, 5) is 10.9. The number of hydrogen-bond donors (Lipinski definition) is 1. The highest BCUT2D eigenvalue weighted by molar-refractivity contribution is 5.87. The minimum absolute atomic E-state index is 0.169. The van der Waals surface area contributed by atoms with Gasteiger partial charge in [-0.1, -0.05) is 13.5 Å². The molecule has 0 aliphatic heterocycles. The average molecular weight is 174 g/mol. The van der Waals surface area contributed by atoms with Crippen LogP contribution in [-0.2, 0) is 14.3 Å². The van der Waals surface area contributed by atoms with Crippen LogP contribution >= 0.6 is 0 Å². The van der Waals surface area contributed by atoms with Crippen molar-refractivity contribution in [3.63, 3.8) is 0 Å². The van der Waals surface area contributed by atoms with E-state index >= 15 is 0 Å². The highest BCUT2D eigenvalue weighted by Crippen LogP contribution is 2.14. The van der Waals surface area contributed by atoms with E-state index in [1.807, 2.05) is 0 Å². The van der Waals surface area contributed by atoms with Gasteiger partial charge in [-0.3, -0.25) is 0 Å². The minimum atomic E-state index is -1.82. The summed E-state index contributed by atoms with van der Waals surface area (Å²) in [5.41, 5.74) is 0.221. The number of carbonyl (C=O) groups is 1. The summed E-state index contributed by atoms with van der Waals surface area (Å²) in [6.45, 7) is 6.49. The molecule has 0 aliphatic rings. The van der Waals surface area contributed by atoms with Gasteiger partial charge in [0.1, 0.15) is 0 Å². The maximum absolute atomic E-state index is 10.9. The number of aliphatic hydroxyl groups is 1. The van der Waals surface area contributed by atoms with Gasteiger partial charge in [0.05, 0.1) is 0 Å². The summed E-state index contributed by atoms with van der Waals surface area (Å²) in [7, 11) is 1.26. The molecule has 0 aromatic rings. The molecule has 12 heavy (non-hydrogen) atoms. The third-order valence-electron chi connectivity index (χ3n) is 1.37. The van der Waals surface area contributed by atoms with Crippen molar-refractivity contribution >= 4 is 5.97 Å². The Balaban J connectivity index is 4.21. The normalized spacial score (nSPS) is 15.0. The van der Waals surface area contributed by atoms with Gasteiger partial charge in [0.15, 0.2) is 0 Å². The molecule has 0 aliphatic carbocycles. The van der Waals surface area contributed by atoms with E-state index in [0.29, 0.717) is 0 Å². The van der Waals surface area contributed by atoms with E-state index in [1.54, 1.807) is 6.92 Å². The van der Waals surface area contributed by atoms with Crippen molar-refractivity contribution in [1.29, 1.82) is 0 Å². The molecule has 70 valence electrons.